The smallest absolute Gasteiger partial charge is 0.140 e. The van der Waals surface area contributed by atoms with Crippen molar-refractivity contribution in [2.75, 3.05) is 0 Å². The normalized spacial score (nSPS) is 22.5. The highest BCUT2D eigenvalue weighted by atomic mass is 16.1. The van der Waals surface area contributed by atoms with Gasteiger partial charge in [0.1, 0.15) is 5.78 Å². The lowest BCUT2D eigenvalue weighted by atomic mass is 9.90. The molecule has 2 rings (SSSR count). The fraction of sp³-hybridized carbons (Fsp3) is 0.500. The minimum absolute atomic E-state index is 0.174. The lowest BCUT2D eigenvalue weighted by Gasteiger charge is -2.13. The number of carbonyl (C=O) groups excluding carboxylic acids is 1. The van der Waals surface area contributed by atoms with Gasteiger partial charge in [-0.05, 0) is 25.3 Å². The van der Waals surface area contributed by atoms with Crippen LogP contribution in [0.2, 0.25) is 0 Å². The first-order chi connectivity index (χ1) is 7.27. The number of carbonyl (C=O) groups is 1. The van der Waals surface area contributed by atoms with Crippen LogP contribution in [0, 0.1) is 6.92 Å². The van der Waals surface area contributed by atoms with Gasteiger partial charge in [-0.2, -0.15) is 0 Å². The van der Waals surface area contributed by atoms with Crippen LogP contribution in [0.15, 0.2) is 24.3 Å². The largest absolute Gasteiger partial charge is 0.299 e. The molecule has 1 unspecified atom stereocenters. The molecule has 1 aromatic carbocycles. The maximum Gasteiger partial charge on any atom is 0.140 e. The second-order valence-corrected chi connectivity index (χ2v) is 4.53. The molecule has 1 saturated carbocycles. The van der Waals surface area contributed by atoms with E-state index in [2.05, 4.69) is 31.2 Å². The van der Waals surface area contributed by atoms with E-state index in [-0.39, 0.29) is 5.92 Å². The molecule has 1 nitrogen and oxygen atoms in total. The van der Waals surface area contributed by atoms with Gasteiger partial charge in [0, 0.05) is 12.3 Å². The lowest BCUT2D eigenvalue weighted by Crippen LogP contribution is -2.10. The summed E-state index contributed by atoms with van der Waals surface area (Å²) >= 11 is 0. The third-order valence-electron chi connectivity index (χ3n) is 3.25. The summed E-state index contributed by atoms with van der Waals surface area (Å²) in [7, 11) is 0. The second-order valence-electron chi connectivity index (χ2n) is 4.53. The maximum absolute atomic E-state index is 11.9. The van der Waals surface area contributed by atoms with Crippen molar-refractivity contribution in [3.8, 4) is 0 Å². The average molecular weight is 202 g/mol. The van der Waals surface area contributed by atoms with E-state index in [1.165, 1.54) is 24.0 Å². The van der Waals surface area contributed by atoms with E-state index >= 15 is 0 Å². The SMILES string of the molecule is Cc1cccc(C2CCCCCC2=O)c1. The monoisotopic (exact) mass is 202 g/mol. The van der Waals surface area contributed by atoms with Gasteiger partial charge >= 0.3 is 0 Å². The topological polar surface area (TPSA) is 17.1 Å². The molecule has 1 aromatic rings. The van der Waals surface area contributed by atoms with Crippen LogP contribution < -0.4 is 0 Å². The number of hydrogen-bond donors (Lipinski definition) is 0. The number of ketones is 1. The maximum atomic E-state index is 11.9. The molecule has 0 amide bonds. The summed E-state index contributed by atoms with van der Waals surface area (Å²) in [6.07, 6.45) is 5.32. The van der Waals surface area contributed by atoms with E-state index in [9.17, 15) is 4.79 Å². The molecular weight excluding hydrogens is 184 g/mol. The van der Waals surface area contributed by atoms with Crippen LogP contribution in [0.1, 0.15) is 49.1 Å². The number of benzene rings is 1. The molecule has 0 aromatic heterocycles. The Morgan fingerprint density at radius 1 is 1.20 bits per heavy atom. The number of aryl methyl sites for hydroxylation is 1. The van der Waals surface area contributed by atoms with Gasteiger partial charge < -0.3 is 0 Å². The summed E-state index contributed by atoms with van der Waals surface area (Å²) in [6.45, 7) is 2.09. The first-order valence-corrected chi connectivity index (χ1v) is 5.86. The Kier molecular flexibility index (Phi) is 3.20. The Bertz CT molecular complexity index is 354. The quantitative estimate of drug-likeness (QED) is 0.636. The van der Waals surface area contributed by atoms with Crippen molar-refractivity contribution in [2.24, 2.45) is 0 Å². The predicted molar refractivity (Wildman–Crippen MR) is 62.0 cm³/mol. The minimum atomic E-state index is 0.174. The van der Waals surface area contributed by atoms with Crippen LogP contribution in [0.4, 0.5) is 0 Å². The van der Waals surface area contributed by atoms with E-state index in [0.717, 1.165) is 19.3 Å². The summed E-state index contributed by atoms with van der Waals surface area (Å²) in [5, 5.41) is 0. The van der Waals surface area contributed by atoms with Crippen molar-refractivity contribution >= 4 is 5.78 Å². The number of Topliss-reactive ketones (excluding diaryl/α,β-unsaturated/α-hetero) is 1. The third kappa shape index (κ3) is 2.47. The highest BCUT2D eigenvalue weighted by molar-refractivity contribution is 5.85. The standard InChI is InChI=1S/C14H18O/c1-11-6-5-7-12(10-11)13-8-3-2-4-9-14(13)15/h5-7,10,13H,2-4,8-9H2,1H3. The first-order valence-electron chi connectivity index (χ1n) is 5.86. The van der Waals surface area contributed by atoms with Crippen molar-refractivity contribution < 1.29 is 4.79 Å². The van der Waals surface area contributed by atoms with Crippen LogP contribution >= 0.6 is 0 Å². The molecule has 0 saturated heterocycles. The third-order valence-corrected chi connectivity index (χ3v) is 3.25. The molecule has 0 spiro atoms. The molecule has 0 radical (unpaired) electrons. The van der Waals surface area contributed by atoms with Crippen LogP contribution in [0.25, 0.3) is 0 Å². The molecule has 0 bridgehead atoms. The van der Waals surface area contributed by atoms with Gasteiger partial charge in [-0.25, -0.2) is 0 Å². The average Bonchev–Trinajstić information content (AvgIpc) is 2.43. The molecule has 80 valence electrons. The van der Waals surface area contributed by atoms with Gasteiger partial charge in [-0.1, -0.05) is 42.7 Å². The van der Waals surface area contributed by atoms with Gasteiger partial charge in [-0.15, -0.1) is 0 Å². The Morgan fingerprint density at radius 2 is 2.07 bits per heavy atom. The van der Waals surface area contributed by atoms with Crippen molar-refractivity contribution in [1.82, 2.24) is 0 Å². The van der Waals surface area contributed by atoms with E-state index in [1.807, 2.05) is 0 Å². The molecule has 1 aliphatic rings. The van der Waals surface area contributed by atoms with Crippen LogP contribution in [-0.4, -0.2) is 5.78 Å². The van der Waals surface area contributed by atoms with Crippen molar-refractivity contribution in [3.05, 3.63) is 35.4 Å². The highest BCUT2D eigenvalue weighted by Gasteiger charge is 2.22. The Hall–Kier alpha value is -1.11. The van der Waals surface area contributed by atoms with E-state index in [1.54, 1.807) is 0 Å². The zero-order valence-corrected chi connectivity index (χ0v) is 9.33. The van der Waals surface area contributed by atoms with E-state index in [0.29, 0.717) is 5.78 Å². The number of hydrogen-bond acceptors (Lipinski definition) is 1. The lowest BCUT2D eigenvalue weighted by molar-refractivity contribution is -0.120. The van der Waals surface area contributed by atoms with Crippen molar-refractivity contribution in [3.63, 3.8) is 0 Å². The summed E-state index contributed by atoms with van der Waals surface area (Å²) < 4.78 is 0. The molecular formula is C14H18O. The first kappa shape index (κ1) is 10.4. The summed E-state index contributed by atoms with van der Waals surface area (Å²) in [6, 6.07) is 8.41. The fourth-order valence-electron chi connectivity index (χ4n) is 2.40. The molecule has 0 heterocycles. The van der Waals surface area contributed by atoms with Crippen LogP contribution in [-0.2, 0) is 4.79 Å². The molecule has 1 fully saturated rings. The Labute approximate surface area is 91.5 Å². The Balaban J connectivity index is 2.24. The minimum Gasteiger partial charge on any atom is -0.299 e. The van der Waals surface area contributed by atoms with Crippen LogP contribution in [0.3, 0.4) is 0 Å². The molecule has 1 heteroatoms. The van der Waals surface area contributed by atoms with Gasteiger partial charge in [-0.3, -0.25) is 4.79 Å². The second kappa shape index (κ2) is 4.61. The van der Waals surface area contributed by atoms with Gasteiger partial charge in [0.15, 0.2) is 0 Å². The van der Waals surface area contributed by atoms with Gasteiger partial charge in [0.25, 0.3) is 0 Å². The van der Waals surface area contributed by atoms with E-state index in [4.69, 9.17) is 0 Å². The van der Waals surface area contributed by atoms with E-state index < -0.39 is 0 Å². The van der Waals surface area contributed by atoms with Gasteiger partial charge in [0.2, 0.25) is 0 Å². The van der Waals surface area contributed by atoms with Crippen molar-refractivity contribution in [1.29, 1.82) is 0 Å². The summed E-state index contributed by atoms with van der Waals surface area (Å²) in [5.74, 6) is 0.616. The Morgan fingerprint density at radius 3 is 2.87 bits per heavy atom. The number of rotatable bonds is 1. The van der Waals surface area contributed by atoms with Crippen LogP contribution in [0.5, 0.6) is 0 Å². The zero-order valence-electron chi connectivity index (χ0n) is 9.33. The molecule has 0 aliphatic heterocycles. The fourth-order valence-corrected chi connectivity index (χ4v) is 2.40. The molecule has 0 N–H and O–H groups in total. The molecule has 15 heavy (non-hydrogen) atoms. The summed E-state index contributed by atoms with van der Waals surface area (Å²) in [4.78, 5) is 11.9. The zero-order chi connectivity index (χ0) is 10.7. The highest BCUT2D eigenvalue weighted by Crippen LogP contribution is 2.29. The summed E-state index contributed by atoms with van der Waals surface area (Å²) in [5.41, 5.74) is 2.48. The molecule has 1 aliphatic carbocycles. The molecule has 1 atom stereocenters. The van der Waals surface area contributed by atoms with Crippen molar-refractivity contribution in [2.45, 2.75) is 44.9 Å². The predicted octanol–water partition coefficient (Wildman–Crippen LogP) is 3.61. The van der Waals surface area contributed by atoms with Gasteiger partial charge in [0.05, 0.1) is 0 Å².